The summed E-state index contributed by atoms with van der Waals surface area (Å²) in [6.45, 7) is 4.47. The summed E-state index contributed by atoms with van der Waals surface area (Å²) in [6.07, 6.45) is -1.82. The van der Waals surface area contributed by atoms with Gasteiger partial charge in [-0.1, -0.05) is 0 Å². The minimum Gasteiger partial charge on any atom is -0.334 e. The number of rotatable bonds is 3. The fraction of sp³-hybridized carbons (Fsp3) is 0.350. The van der Waals surface area contributed by atoms with Crippen LogP contribution in [0.25, 0.3) is 5.69 Å². The van der Waals surface area contributed by atoms with Crippen molar-refractivity contribution >= 4 is 11.7 Å². The number of hydrogen-bond donors (Lipinski definition) is 0. The summed E-state index contributed by atoms with van der Waals surface area (Å²) in [7, 11) is 0. The number of aryl methyl sites for hydroxylation is 2. The average molecular weight is 447 g/mol. The molecule has 3 aromatic rings. The van der Waals surface area contributed by atoms with Crippen molar-refractivity contribution in [1.82, 2.24) is 29.9 Å². The maximum absolute atomic E-state index is 13.3. The van der Waals surface area contributed by atoms with E-state index >= 15 is 0 Å². The zero-order chi connectivity index (χ0) is 22.9. The van der Waals surface area contributed by atoms with Gasteiger partial charge in [-0.25, -0.2) is 15.0 Å². The lowest BCUT2D eigenvalue weighted by Crippen LogP contribution is -2.36. The molecule has 32 heavy (non-hydrogen) atoms. The number of halogens is 3. The van der Waals surface area contributed by atoms with Gasteiger partial charge in [0.05, 0.1) is 42.4 Å². The van der Waals surface area contributed by atoms with Crippen LogP contribution in [0.4, 0.5) is 19.0 Å². The van der Waals surface area contributed by atoms with Crippen molar-refractivity contribution in [1.29, 1.82) is 0 Å². The first-order chi connectivity index (χ1) is 15.2. The van der Waals surface area contributed by atoms with Crippen molar-refractivity contribution in [2.45, 2.75) is 20.0 Å². The summed E-state index contributed by atoms with van der Waals surface area (Å²) in [5.41, 5.74) is -0.125. The van der Waals surface area contributed by atoms with E-state index in [4.69, 9.17) is 4.84 Å². The van der Waals surface area contributed by atoms with Gasteiger partial charge in [-0.05, 0) is 32.0 Å². The molecule has 0 aliphatic carbocycles. The predicted octanol–water partition coefficient (Wildman–Crippen LogP) is 2.59. The highest BCUT2D eigenvalue weighted by molar-refractivity contribution is 5.98. The largest absolute Gasteiger partial charge is 0.416 e. The Hall–Kier alpha value is -3.54. The zero-order valence-electron chi connectivity index (χ0n) is 17.4. The van der Waals surface area contributed by atoms with E-state index in [2.05, 4.69) is 20.2 Å². The van der Waals surface area contributed by atoms with Crippen LogP contribution in [0.15, 0.2) is 36.7 Å². The predicted molar refractivity (Wildman–Crippen MR) is 107 cm³/mol. The topological polar surface area (TPSA) is 89.3 Å². The molecule has 0 bridgehead atoms. The quantitative estimate of drug-likeness (QED) is 0.610. The number of alkyl halides is 3. The fourth-order valence-electron chi connectivity index (χ4n) is 3.43. The summed E-state index contributed by atoms with van der Waals surface area (Å²) in [6, 6.07) is 4.70. The number of benzene rings is 1. The molecule has 1 aliphatic rings. The molecule has 12 heteroatoms. The molecule has 3 heterocycles. The summed E-state index contributed by atoms with van der Waals surface area (Å²) in [5, 5.41) is 9.49. The second-order valence-electron chi connectivity index (χ2n) is 7.19. The normalized spacial score (nSPS) is 15.0. The Morgan fingerprint density at radius 1 is 1.03 bits per heavy atom. The number of hydrogen-bond acceptors (Lipinski definition) is 7. The van der Waals surface area contributed by atoms with Crippen LogP contribution in [-0.2, 0) is 11.0 Å². The number of nitrogens with zero attached hydrogens (tertiary/aromatic N) is 7. The lowest BCUT2D eigenvalue weighted by Gasteiger charge is -2.22. The third-order valence-corrected chi connectivity index (χ3v) is 4.87. The van der Waals surface area contributed by atoms with Gasteiger partial charge in [0.15, 0.2) is 5.82 Å². The van der Waals surface area contributed by atoms with Gasteiger partial charge in [0.1, 0.15) is 5.82 Å². The van der Waals surface area contributed by atoms with E-state index in [-0.39, 0.29) is 37.5 Å². The number of hydroxylamine groups is 1. The number of aromatic nitrogens is 5. The van der Waals surface area contributed by atoms with E-state index in [1.807, 2.05) is 6.92 Å². The van der Waals surface area contributed by atoms with Crippen LogP contribution in [0.5, 0.6) is 0 Å². The first-order valence-electron chi connectivity index (χ1n) is 9.82. The van der Waals surface area contributed by atoms with Crippen molar-refractivity contribution in [3.8, 4) is 5.69 Å². The van der Waals surface area contributed by atoms with Crippen molar-refractivity contribution < 1.29 is 22.8 Å². The van der Waals surface area contributed by atoms with Gasteiger partial charge < -0.3 is 4.90 Å². The Morgan fingerprint density at radius 3 is 2.47 bits per heavy atom. The Labute approximate surface area is 181 Å². The van der Waals surface area contributed by atoms with Gasteiger partial charge in [0.25, 0.3) is 5.91 Å². The molecule has 0 unspecified atom stereocenters. The summed E-state index contributed by atoms with van der Waals surface area (Å²) in [5.74, 6) is 0.579. The van der Waals surface area contributed by atoms with Crippen LogP contribution in [0.1, 0.15) is 27.4 Å². The Morgan fingerprint density at radius 2 is 1.78 bits per heavy atom. The lowest BCUT2D eigenvalue weighted by atomic mass is 10.1. The smallest absolute Gasteiger partial charge is 0.334 e. The van der Waals surface area contributed by atoms with Crippen LogP contribution in [0, 0.1) is 13.8 Å². The monoisotopic (exact) mass is 447 g/mol. The van der Waals surface area contributed by atoms with Crippen LogP contribution in [-0.4, -0.2) is 62.0 Å². The molecule has 4 rings (SSSR count). The van der Waals surface area contributed by atoms with Gasteiger partial charge in [-0.2, -0.15) is 28.2 Å². The van der Waals surface area contributed by atoms with Gasteiger partial charge in [0.2, 0.25) is 0 Å². The molecular weight excluding hydrogens is 427 g/mol. The maximum Gasteiger partial charge on any atom is 0.416 e. The number of carbonyl (C=O) groups is 1. The van der Waals surface area contributed by atoms with E-state index in [9.17, 15) is 18.0 Å². The van der Waals surface area contributed by atoms with Gasteiger partial charge in [-0.15, -0.1) is 0 Å². The Kier molecular flexibility index (Phi) is 5.78. The van der Waals surface area contributed by atoms with E-state index in [0.29, 0.717) is 11.6 Å². The number of carbonyl (C=O) groups excluding carboxylic acids is 1. The van der Waals surface area contributed by atoms with Crippen molar-refractivity contribution in [3.05, 3.63) is 59.3 Å². The van der Waals surface area contributed by atoms with Gasteiger partial charge >= 0.3 is 6.18 Å². The van der Waals surface area contributed by atoms with Crippen molar-refractivity contribution in [2.75, 3.05) is 31.3 Å². The maximum atomic E-state index is 13.3. The SMILES string of the molecule is Cc1cc(N2CCN(C(=O)c3cc(C(F)(F)F)ccc3-n3nccn3)CCO2)nc(C)n1. The molecule has 1 saturated heterocycles. The van der Waals surface area contributed by atoms with Gasteiger partial charge in [0, 0.05) is 24.8 Å². The highest BCUT2D eigenvalue weighted by atomic mass is 19.4. The van der Waals surface area contributed by atoms with E-state index in [0.717, 1.165) is 22.6 Å². The molecule has 0 saturated carbocycles. The molecule has 0 N–H and O–H groups in total. The van der Waals surface area contributed by atoms with Crippen molar-refractivity contribution in [3.63, 3.8) is 0 Å². The fourth-order valence-corrected chi connectivity index (χ4v) is 3.43. The van der Waals surface area contributed by atoms with Crippen molar-refractivity contribution in [2.24, 2.45) is 0 Å². The molecule has 1 amide bonds. The second-order valence-corrected chi connectivity index (χ2v) is 7.19. The molecule has 2 aromatic heterocycles. The summed E-state index contributed by atoms with van der Waals surface area (Å²) < 4.78 is 39.9. The average Bonchev–Trinajstić information content (AvgIpc) is 3.15. The molecule has 168 valence electrons. The highest BCUT2D eigenvalue weighted by Gasteiger charge is 2.33. The van der Waals surface area contributed by atoms with Crippen LogP contribution in [0.3, 0.4) is 0 Å². The molecule has 0 radical (unpaired) electrons. The van der Waals surface area contributed by atoms with E-state index in [1.54, 1.807) is 18.1 Å². The Bertz CT molecular complexity index is 1100. The number of amides is 1. The highest BCUT2D eigenvalue weighted by Crippen LogP contribution is 2.31. The van der Waals surface area contributed by atoms with Crippen LogP contribution in [0.2, 0.25) is 0 Å². The molecule has 0 atom stereocenters. The molecule has 9 nitrogen and oxygen atoms in total. The third-order valence-electron chi connectivity index (χ3n) is 4.87. The summed E-state index contributed by atoms with van der Waals surface area (Å²) >= 11 is 0. The van der Waals surface area contributed by atoms with Gasteiger partial charge in [-0.3, -0.25) is 9.63 Å². The first kappa shape index (κ1) is 21.7. The number of anilines is 1. The minimum atomic E-state index is -4.59. The van der Waals surface area contributed by atoms with Crippen LogP contribution < -0.4 is 5.06 Å². The molecule has 1 aliphatic heterocycles. The lowest BCUT2D eigenvalue weighted by molar-refractivity contribution is -0.137. The molecule has 1 fully saturated rings. The summed E-state index contributed by atoms with van der Waals surface area (Å²) in [4.78, 5) is 30.2. The third kappa shape index (κ3) is 4.54. The van der Waals surface area contributed by atoms with E-state index in [1.165, 1.54) is 23.4 Å². The van der Waals surface area contributed by atoms with Crippen LogP contribution >= 0.6 is 0 Å². The van der Waals surface area contributed by atoms with E-state index < -0.39 is 17.6 Å². The Balaban J connectivity index is 1.61. The first-order valence-corrected chi connectivity index (χ1v) is 9.82. The minimum absolute atomic E-state index is 0.141. The zero-order valence-corrected chi connectivity index (χ0v) is 17.4. The molecule has 0 spiro atoms. The molecule has 1 aromatic carbocycles. The second kappa shape index (κ2) is 8.54. The molecular formula is C20H20F3N7O2. The standard InChI is InChI=1S/C20H20F3N7O2/c1-13-11-18(27-14(2)26-13)29-8-7-28(9-10-32-29)19(31)16-12-15(20(21,22)23)3-4-17(16)30-24-5-6-25-30/h3-6,11-12H,7-10H2,1-2H3.